The number of pyridine rings is 1. The van der Waals surface area contributed by atoms with Gasteiger partial charge in [-0.2, -0.15) is 0 Å². The van der Waals surface area contributed by atoms with E-state index in [2.05, 4.69) is 15.0 Å². The summed E-state index contributed by atoms with van der Waals surface area (Å²) in [6, 6.07) is 5.81. The number of fused-ring (bicyclic) bond motifs is 1. The number of likely N-dealkylation sites (tertiary alicyclic amines) is 1. The SMILES string of the molecule is O=C(C=Cc1cnc2[nH]c(=O)[nH]c2c1)N1CC(OCc2cccs2)C1. The van der Waals surface area contributed by atoms with E-state index in [4.69, 9.17) is 4.74 Å². The quantitative estimate of drug-likeness (QED) is 0.682. The van der Waals surface area contributed by atoms with Crippen molar-refractivity contribution in [2.75, 3.05) is 13.1 Å². The first-order chi connectivity index (χ1) is 12.2. The Kier molecular flexibility index (Phi) is 4.21. The van der Waals surface area contributed by atoms with E-state index in [9.17, 15) is 9.59 Å². The van der Waals surface area contributed by atoms with Crippen LogP contribution in [0.2, 0.25) is 0 Å². The minimum absolute atomic E-state index is 0.0568. The van der Waals surface area contributed by atoms with Crippen molar-refractivity contribution in [1.29, 1.82) is 0 Å². The second-order valence-electron chi connectivity index (χ2n) is 5.83. The number of hydrogen-bond donors (Lipinski definition) is 2. The monoisotopic (exact) mass is 356 g/mol. The number of H-pyrrole nitrogens is 2. The van der Waals surface area contributed by atoms with Crippen molar-refractivity contribution < 1.29 is 9.53 Å². The summed E-state index contributed by atoms with van der Waals surface area (Å²) in [5.41, 5.74) is 1.57. The first kappa shape index (κ1) is 15.8. The number of thiophene rings is 1. The second kappa shape index (κ2) is 6.66. The van der Waals surface area contributed by atoms with Crippen LogP contribution in [0.25, 0.3) is 17.2 Å². The molecule has 0 saturated carbocycles. The lowest BCUT2D eigenvalue weighted by molar-refractivity contribution is -0.140. The number of imidazole rings is 1. The Balaban J connectivity index is 1.29. The molecular formula is C17H16N4O3S. The average Bonchev–Trinajstić information content (AvgIpc) is 3.19. The molecule has 4 heterocycles. The summed E-state index contributed by atoms with van der Waals surface area (Å²) in [6.07, 6.45) is 4.92. The van der Waals surface area contributed by atoms with E-state index >= 15 is 0 Å². The molecule has 1 amide bonds. The van der Waals surface area contributed by atoms with Crippen LogP contribution in [0.15, 0.2) is 40.6 Å². The van der Waals surface area contributed by atoms with Crippen LogP contribution in [0, 0.1) is 0 Å². The molecular weight excluding hydrogens is 340 g/mol. The molecule has 8 heteroatoms. The fourth-order valence-corrected chi connectivity index (χ4v) is 3.24. The number of ether oxygens (including phenoxy) is 1. The topological polar surface area (TPSA) is 91.1 Å². The van der Waals surface area contributed by atoms with Gasteiger partial charge in [0, 0.05) is 30.2 Å². The van der Waals surface area contributed by atoms with Crippen molar-refractivity contribution in [1.82, 2.24) is 19.9 Å². The van der Waals surface area contributed by atoms with E-state index in [1.54, 1.807) is 34.6 Å². The first-order valence-electron chi connectivity index (χ1n) is 7.86. The third kappa shape index (κ3) is 3.54. The molecule has 7 nitrogen and oxygen atoms in total. The largest absolute Gasteiger partial charge is 0.369 e. The number of carbonyl (C=O) groups excluding carboxylic acids is 1. The van der Waals surface area contributed by atoms with Crippen LogP contribution in [0.3, 0.4) is 0 Å². The molecule has 4 rings (SSSR count). The Morgan fingerprint density at radius 2 is 2.32 bits per heavy atom. The first-order valence-corrected chi connectivity index (χ1v) is 8.74. The van der Waals surface area contributed by atoms with Crippen LogP contribution in [0.1, 0.15) is 10.4 Å². The van der Waals surface area contributed by atoms with Gasteiger partial charge in [0.25, 0.3) is 0 Å². The van der Waals surface area contributed by atoms with Crippen LogP contribution in [-0.4, -0.2) is 45.0 Å². The van der Waals surface area contributed by atoms with Crippen LogP contribution >= 0.6 is 11.3 Å². The van der Waals surface area contributed by atoms with Crippen LogP contribution < -0.4 is 5.69 Å². The molecule has 0 radical (unpaired) electrons. The van der Waals surface area contributed by atoms with Gasteiger partial charge < -0.3 is 14.6 Å². The summed E-state index contributed by atoms with van der Waals surface area (Å²) in [7, 11) is 0. The Morgan fingerprint density at radius 1 is 1.44 bits per heavy atom. The fourth-order valence-electron chi connectivity index (χ4n) is 2.62. The molecule has 3 aromatic rings. The number of amides is 1. The molecule has 128 valence electrons. The highest BCUT2D eigenvalue weighted by atomic mass is 32.1. The Hall–Kier alpha value is -2.71. The normalized spacial score (nSPS) is 15.1. The highest BCUT2D eigenvalue weighted by Crippen LogP contribution is 2.17. The van der Waals surface area contributed by atoms with Crippen molar-refractivity contribution in [3.05, 3.63) is 56.8 Å². The number of aromatic amines is 2. The predicted octanol–water partition coefficient (Wildman–Crippen LogP) is 1.75. The fraction of sp³-hybridized carbons (Fsp3) is 0.235. The van der Waals surface area contributed by atoms with Gasteiger partial charge in [-0.3, -0.25) is 9.78 Å². The molecule has 25 heavy (non-hydrogen) atoms. The molecule has 1 saturated heterocycles. The number of aromatic nitrogens is 3. The lowest BCUT2D eigenvalue weighted by Crippen LogP contribution is -2.54. The Morgan fingerprint density at radius 3 is 3.12 bits per heavy atom. The molecule has 0 aliphatic carbocycles. The molecule has 0 aromatic carbocycles. The maximum atomic E-state index is 12.1. The minimum atomic E-state index is -0.297. The number of nitrogens with zero attached hydrogens (tertiary/aromatic N) is 2. The van der Waals surface area contributed by atoms with Gasteiger partial charge in [-0.25, -0.2) is 9.78 Å². The zero-order valence-corrected chi connectivity index (χ0v) is 14.1. The molecule has 2 N–H and O–H groups in total. The Bertz CT molecular complexity index is 967. The second-order valence-corrected chi connectivity index (χ2v) is 6.87. The molecule has 0 atom stereocenters. The van der Waals surface area contributed by atoms with Gasteiger partial charge in [0.2, 0.25) is 5.91 Å². The summed E-state index contributed by atoms with van der Waals surface area (Å²) in [5, 5.41) is 2.02. The van der Waals surface area contributed by atoms with E-state index < -0.39 is 0 Å². The molecule has 0 spiro atoms. The van der Waals surface area contributed by atoms with Gasteiger partial charge >= 0.3 is 5.69 Å². The van der Waals surface area contributed by atoms with Crippen molar-refractivity contribution in [3.8, 4) is 0 Å². The van der Waals surface area contributed by atoms with E-state index in [0.29, 0.717) is 30.9 Å². The molecule has 1 aliphatic rings. The zero-order chi connectivity index (χ0) is 17.2. The van der Waals surface area contributed by atoms with Gasteiger partial charge in [0.05, 0.1) is 18.2 Å². The number of rotatable bonds is 5. The van der Waals surface area contributed by atoms with Crippen LogP contribution in [0.5, 0.6) is 0 Å². The molecule has 1 fully saturated rings. The molecule has 1 aliphatic heterocycles. The maximum Gasteiger partial charge on any atom is 0.325 e. The number of hydrogen-bond acceptors (Lipinski definition) is 5. The van der Waals surface area contributed by atoms with Gasteiger partial charge in [0.1, 0.15) is 0 Å². The molecule has 3 aromatic heterocycles. The highest BCUT2D eigenvalue weighted by Gasteiger charge is 2.30. The number of carbonyl (C=O) groups is 1. The van der Waals surface area contributed by atoms with Gasteiger partial charge in [-0.05, 0) is 29.2 Å². The summed E-state index contributed by atoms with van der Waals surface area (Å²) in [4.78, 5) is 35.7. The average molecular weight is 356 g/mol. The molecule has 0 bridgehead atoms. The third-order valence-electron chi connectivity index (χ3n) is 4.01. The smallest absolute Gasteiger partial charge is 0.325 e. The third-order valence-corrected chi connectivity index (χ3v) is 4.86. The van der Waals surface area contributed by atoms with Crippen LogP contribution in [-0.2, 0) is 16.1 Å². The highest BCUT2D eigenvalue weighted by molar-refractivity contribution is 7.09. The van der Waals surface area contributed by atoms with Crippen molar-refractivity contribution in [2.24, 2.45) is 0 Å². The van der Waals surface area contributed by atoms with Crippen molar-refractivity contribution in [3.63, 3.8) is 0 Å². The minimum Gasteiger partial charge on any atom is -0.369 e. The summed E-state index contributed by atoms with van der Waals surface area (Å²) >= 11 is 1.67. The van der Waals surface area contributed by atoms with Gasteiger partial charge in [-0.1, -0.05) is 6.07 Å². The summed E-state index contributed by atoms with van der Waals surface area (Å²) < 4.78 is 5.76. The van der Waals surface area contributed by atoms with Gasteiger partial charge in [0.15, 0.2) is 5.65 Å². The van der Waals surface area contributed by atoms with E-state index in [1.165, 1.54) is 11.0 Å². The standard InChI is InChI=1S/C17H16N4O3S/c22-15(21-8-12(9-21)24-10-13-2-1-5-25-13)4-3-11-6-14-16(18-7-11)20-17(23)19-14/h1-7,12H,8-10H2,(H2,18,19,20,23). The lowest BCUT2D eigenvalue weighted by atomic mass is 10.1. The predicted molar refractivity (Wildman–Crippen MR) is 95.2 cm³/mol. The van der Waals surface area contributed by atoms with E-state index in [1.807, 2.05) is 17.5 Å². The Labute approximate surface area is 147 Å². The maximum absolute atomic E-state index is 12.1. The van der Waals surface area contributed by atoms with Crippen molar-refractivity contribution >= 4 is 34.5 Å². The van der Waals surface area contributed by atoms with Crippen molar-refractivity contribution in [2.45, 2.75) is 12.7 Å². The summed E-state index contributed by atoms with van der Waals surface area (Å²) in [5.74, 6) is -0.0568. The van der Waals surface area contributed by atoms with Crippen LogP contribution in [0.4, 0.5) is 0 Å². The zero-order valence-electron chi connectivity index (χ0n) is 13.3. The van der Waals surface area contributed by atoms with E-state index in [-0.39, 0.29) is 17.7 Å². The summed E-state index contributed by atoms with van der Waals surface area (Å²) in [6.45, 7) is 1.81. The lowest BCUT2D eigenvalue weighted by Gasteiger charge is -2.38. The van der Waals surface area contributed by atoms with Gasteiger partial charge in [-0.15, -0.1) is 11.3 Å². The number of nitrogens with one attached hydrogen (secondary N) is 2. The van der Waals surface area contributed by atoms with E-state index in [0.717, 1.165) is 5.56 Å². The molecule has 0 unspecified atom stereocenters.